The third-order valence-electron chi connectivity index (χ3n) is 20.6. The Morgan fingerprint density at radius 3 is 0.898 bits per heavy atom. The number of hydrogen-bond acceptors (Lipinski definition) is 2. The van der Waals surface area contributed by atoms with Gasteiger partial charge in [-0.15, -0.1) is 0 Å². The summed E-state index contributed by atoms with van der Waals surface area (Å²) in [6.07, 6.45) is 47.3. The summed E-state index contributed by atoms with van der Waals surface area (Å²) in [6, 6.07) is 67.1. The number of halogens is 2. The van der Waals surface area contributed by atoms with Gasteiger partial charge in [-0.1, -0.05) is 254 Å². The van der Waals surface area contributed by atoms with Gasteiger partial charge in [0.1, 0.15) is 18.1 Å². The molecule has 2 aliphatic rings. The van der Waals surface area contributed by atoms with Crippen molar-refractivity contribution in [1.29, 1.82) is 0 Å². The molecule has 0 radical (unpaired) electrons. The molecule has 0 saturated carbocycles. The van der Waals surface area contributed by atoms with Crippen molar-refractivity contribution in [2.45, 2.75) is 238 Å². The second-order valence-electron chi connectivity index (χ2n) is 29.2. The van der Waals surface area contributed by atoms with Crippen molar-refractivity contribution in [2.75, 3.05) is 36.0 Å². The van der Waals surface area contributed by atoms with Gasteiger partial charge in [0.25, 0.3) is 0 Å². The van der Waals surface area contributed by atoms with Gasteiger partial charge in [0.15, 0.2) is 5.71 Å². The third-order valence-corrected chi connectivity index (χ3v) is 21.2. The molecule has 0 fully saturated rings. The molecule has 8 aromatic rings. The zero-order valence-corrected chi connectivity index (χ0v) is 67.7. The highest BCUT2D eigenvalue weighted by molar-refractivity contribution is 6.38. The molecular formula is C100H132Cl2N6+4. The Balaban J connectivity index is 0.000000296. The van der Waals surface area contributed by atoms with Crippen LogP contribution in [0.1, 0.15) is 232 Å². The molecule has 8 aromatic carbocycles. The summed E-state index contributed by atoms with van der Waals surface area (Å²) < 4.78 is 9.60. The van der Waals surface area contributed by atoms with E-state index in [4.69, 9.17) is 23.2 Å². The van der Waals surface area contributed by atoms with Gasteiger partial charge >= 0.3 is 0 Å². The predicted octanol–water partition coefficient (Wildman–Crippen LogP) is 29.2. The summed E-state index contributed by atoms with van der Waals surface area (Å²) in [5.41, 5.74) is 23.5. The fourth-order valence-electron chi connectivity index (χ4n) is 14.1. The van der Waals surface area contributed by atoms with Crippen LogP contribution in [0, 0.1) is 13.8 Å². The lowest BCUT2D eigenvalue weighted by atomic mass is 10.0. The lowest BCUT2D eigenvalue weighted by molar-refractivity contribution is -0.527. The minimum Gasteiger partial charge on any atom is -0.372 e. The first-order valence-corrected chi connectivity index (χ1v) is 41.6. The zero-order valence-electron chi connectivity index (χ0n) is 66.2. The maximum Gasteiger partial charge on any atom is 0.232 e. The summed E-state index contributed by atoms with van der Waals surface area (Å²) >= 11 is 14.8. The molecule has 0 saturated heterocycles. The van der Waals surface area contributed by atoms with Gasteiger partial charge in [-0.05, 0) is 143 Å². The number of unbranched alkanes of at least 4 members (excludes halogenated alkanes) is 12. The van der Waals surface area contributed by atoms with Crippen LogP contribution < -0.4 is 23.5 Å². The first kappa shape index (κ1) is 86.8. The van der Waals surface area contributed by atoms with E-state index >= 15 is 0 Å². The van der Waals surface area contributed by atoms with Gasteiger partial charge in [0.05, 0.1) is 10.7 Å². The number of rotatable bonds is 38. The molecule has 8 heteroatoms. The highest BCUT2D eigenvalue weighted by Crippen LogP contribution is 2.44. The van der Waals surface area contributed by atoms with Crippen molar-refractivity contribution < 1.29 is 4.58 Å². The molecule has 0 spiro atoms. The van der Waals surface area contributed by atoms with Crippen LogP contribution in [0.25, 0.3) is 0 Å². The van der Waals surface area contributed by atoms with E-state index in [1.165, 1.54) is 207 Å². The highest BCUT2D eigenvalue weighted by Gasteiger charge is 2.29. The van der Waals surface area contributed by atoms with Gasteiger partial charge in [-0.2, -0.15) is 13.7 Å². The van der Waals surface area contributed by atoms with E-state index in [1.54, 1.807) is 0 Å². The molecule has 2 aliphatic carbocycles. The Bertz CT molecular complexity index is 3920. The van der Waals surface area contributed by atoms with Crippen LogP contribution in [0.5, 0.6) is 0 Å². The normalized spacial score (nSPS) is 12.2. The highest BCUT2D eigenvalue weighted by atomic mass is 35.5. The molecule has 572 valence electrons. The van der Waals surface area contributed by atoms with Crippen molar-refractivity contribution in [1.82, 2.24) is 13.7 Å². The van der Waals surface area contributed by atoms with E-state index in [0.717, 1.165) is 86.0 Å². The Labute approximate surface area is 665 Å². The van der Waals surface area contributed by atoms with E-state index in [9.17, 15) is 0 Å². The Hall–Kier alpha value is -8.42. The van der Waals surface area contributed by atoms with E-state index in [1.807, 2.05) is 12.1 Å². The van der Waals surface area contributed by atoms with Crippen molar-refractivity contribution >= 4 is 103 Å². The predicted molar refractivity (Wildman–Crippen MR) is 482 cm³/mol. The maximum atomic E-state index is 7.41. The topological polar surface area (TPSA) is 18.5 Å². The summed E-state index contributed by atoms with van der Waals surface area (Å²) in [4.78, 5) is 4.72. The standard InChI is InChI=1S/C50H64N2.C48H60Cl2N4.2CH4/c1-5-9-13-17-41-21-29-45(30-22-41)51(46-31-23-42(24-32-46)18-14-10-6-2)49-37-39-50(40-38-49)52(47-33-25-43(26-34-47)19-15-11-7-3)48-35-27-44(28-36-48)20-16-12-8-4;1-7-11-31-51(32-12-8-2)39-23-27-43(28-24-39)54(44-29-25-40(26-30-44)52(33-13-9-3)34-14-10-4)48-36-45(49)47(35-46(48)50)53(41-19-15-37(5)16-20-41)42-21-17-38(6)18-22-42;;/h21-40H,5-20H2,1-4H3;15-30,35-36H,7-14,31-34H2,1-6H3;2*1H4/q2*+2;;. The number of anilines is 4. The van der Waals surface area contributed by atoms with Crippen LogP contribution in [0.3, 0.4) is 0 Å². The molecule has 0 N–H and O–H groups in total. The summed E-state index contributed by atoms with van der Waals surface area (Å²) in [6.45, 7) is 26.6. The van der Waals surface area contributed by atoms with Gasteiger partial charge in [-0.3, -0.25) is 0 Å². The molecule has 0 atom stereocenters. The second-order valence-corrected chi connectivity index (χ2v) is 30.0. The number of benzene rings is 8. The smallest absolute Gasteiger partial charge is 0.232 e. The fourth-order valence-corrected chi connectivity index (χ4v) is 14.6. The second kappa shape index (κ2) is 46.8. The molecule has 0 heterocycles. The molecule has 0 amide bonds. The zero-order chi connectivity index (χ0) is 74.8. The minimum atomic E-state index is 0. The molecule has 0 aromatic heterocycles. The van der Waals surface area contributed by atoms with Crippen molar-refractivity contribution in [3.63, 3.8) is 0 Å². The molecular weight excluding hydrogens is 1360 g/mol. The summed E-state index contributed by atoms with van der Waals surface area (Å²) in [5, 5.41) is 1.23. The van der Waals surface area contributed by atoms with Gasteiger partial charge in [0.2, 0.25) is 51.3 Å². The van der Waals surface area contributed by atoms with Gasteiger partial charge in [-0.25, -0.2) is 4.58 Å². The Morgan fingerprint density at radius 2 is 0.574 bits per heavy atom. The lowest BCUT2D eigenvalue weighted by Gasteiger charge is -2.27. The van der Waals surface area contributed by atoms with Gasteiger partial charge < -0.3 is 9.80 Å². The molecule has 0 bridgehead atoms. The maximum absolute atomic E-state index is 7.41. The van der Waals surface area contributed by atoms with Crippen LogP contribution in [0.2, 0.25) is 10.0 Å². The van der Waals surface area contributed by atoms with Crippen LogP contribution in [0.15, 0.2) is 231 Å². The number of aryl methyl sites for hydroxylation is 6. The van der Waals surface area contributed by atoms with Crippen LogP contribution in [0.4, 0.5) is 56.9 Å². The SMILES string of the molecule is C.C.CCCCCc1ccc([N+](=C2C=CC(=[N+](c3ccc(CCCCC)cc3)c3ccc(CCCCC)cc3)C=C2)c2ccc(CCCCC)cc2)cc1.CCCCN(CCCC)c1ccc([N+](=C2C=CC(=[N+](CCCC)CCCC)C=C2)c2cc(Cl)c(N(c3ccc(C)cc3)c3ccc(C)cc3)cc2Cl)cc1. The van der Waals surface area contributed by atoms with E-state index in [2.05, 4.69) is 316 Å². The molecule has 0 unspecified atom stereocenters. The van der Waals surface area contributed by atoms with E-state index in [0.29, 0.717) is 10.0 Å². The number of allylic oxidation sites excluding steroid dienone is 8. The number of hydrogen-bond donors (Lipinski definition) is 0. The monoisotopic (exact) mass is 1490 g/mol. The number of nitrogens with zero attached hydrogens (tertiary/aromatic N) is 6. The average Bonchev–Trinajstić information content (AvgIpc) is 0.785. The van der Waals surface area contributed by atoms with E-state index in [-0.39, 0.29) is 14.9 Å². The Kier molecular flexibility index (Phi) is 37.6. The van der Waals surface area contributed by atoms with Crippen LogP contribution in [-0.4, -0.2) is 53.6 Å². The summed E-state index contributed by atoms with van der Waals surface area (Å²) in [5.74, 6) is 0. The Morgan fingerprint density at radius 1 is 0.287 bits per heavy atom. The average molecular weight is 1490 g/mol. The third kappa shape index (κ3) is 25.3. The van der Waals surface area contributed by atoms with Gasteiger partial charge in [0, 0.05) is 158 Å². The quantitative estimate of drug-likeness (QED) is 0.0218. The first-order chi connectivity index (χ1) is 51.9. The van der Waals surface area contributed by atoms with Crippen LogP contribution in [-0.2, 0) is 25.7 Å². The van der Waals surface area contributed by atoms with Crippen molar-refractivity contribution in [3.05, 3.63) is 274 Å². The van der Waals surface area contributed by atoms with Crippen LogP contribution >= 0.6 is 23.2 Å². The molecule has 10 rings (SSSR count). The largest absolute Gasteiger partial charge is 0.372 e. The lowest BCUT2D eigenvalue weighted by Crippen LogP contribution is -2.25. The molecule has 108 heavy (non-hydrogen) atoms. The van der Waals surface area contributed by atoms with E-state index < -0.39 is 0 Å². The fraction of sp³-hybridized carbons (Fsp3) is 0.400. The minimum absolute atomic E-state index is 0. The molecule has 6 nitrogen and oxygen atoms in total. The molecule has 0 aliphatic heterocycles. The summed E-state index contributed by atoms with van der Waals surface area (Å²) in [7, 11) is 0. The first-order valence-electron chi connectivity index (χ1n) is 40.9. The van der Waals surface area contributed by atoms with Crippen molar-refractivity contribution in [3.8, 4) is 0 Å². The van der Waals surface area contributed by atoms with Crippen molar-refractivity contribution in [2.24, 2.45) is 0 Å².